The molecule has 1 saturated heterocycles. The topological polar surface area (TPSA) is 63.7 Å². The summed E-state index contributed by atoms with van der Waals surface area (Å²) >= 11 is 1.52. The molecule has 1 aliphatic heterocycles. The molecule has 1 aromatic heterocycles. The zero-order chi connectivity index (χ0) is 38.6. The Bertz CT molecular complexity index is 1860. The minimum atomic E-state index is -2.76. The molecule has 1 N–H and O–H groups in total. The van der Waals surface area contributed by atoms with E-state index in [9.17, 15) is 4.79 Å². The fraction of sp³-hybridized carbons (Fsp3) is 0.378. The largest absolute Gasteiger partial charge is 0.405 e. The number of hydrogen-bond donors (Lipinski definition) is 1. The summed E-state index contributed by atoms with van der Waals surface area (Å²) in [6.45, 7) is 20.1. The molecule has 6 rings (SSSR count). The SMILES string of the molecule is CC(C)C[C@@H](CO[Si](c1ccccc1)(c1ccccc1)C(C)(C)C)NC(=O)c1csc(N2CC(O[Si](c3ccccc3)(c3ccccc3)C(C)(C)C)C2)n1. The number of benzene rings is 4. The number of aromatic nitrogens is 1. The normalized spacial score (nSPS) is 14.9. The van der Waals surface area contributed by atoms with E-state index in [0.717, 1.165) is 24.6 Å². The van der Waals surface area contributed by atoms with Gasteiger partial charge in [0.25, 0.3) is 22.5 Å². The van der Waals surface area contributed by atoms with Crippen LogP contribution in [0.2, 0.25) is 10.1 Å². The number of thiazole rings is 1. The highest BCUT2D eigenvalue weighted by atomic mass is 32.1. The molecular weight excluding hydrogens is 719 g/mol. The molecule has 1 fully saturated rings. The molecule has 0 radical (unpaired) electrons. The second kappa shape index (κ2) is 16.5. The second-order valence-corrected chi connectivity index (χ2v) is 26.5. The van der Waals surface area contributed by atoms with Crippen LogP contribution in [-0.4, -0.2) is 59.4 Å². The zero-order valence-corrected chi connectivity index (χ0v) is 36.0. The molecule has 6 nitrogen and oxygen atoms in total. The Hall–Kier alpha value is -3.87. The maximum atomic E-state index is 13.9. The summed E-state index contributed by atoms with van der Waals surface area (Å²) in [6.07, 6.45) is 0.862. The molecule has 1 amide bonds. The molecule has 0 spiro atoms. The third-order valence-electron chi connectivity index (χ3n) is 10.6. The van der Waals surface area contributed by atoms with Gasteiger partial charge in [-0.05, 0) is 43.2 Å². The van der Waals surface area contributed by atoms with Crippen molar-refractivity contribution in [3.63, 3.8) is 0 Å². The lowest BCUT2D eigenvalue weighted by Gasteiger charge is -2.49. The summed E-state index contributed by atoms with van der Waals surface area (Å²) < 4.78 is 14.6. The summed E-state index contributed by atoms with van der Waals surface area (Å²) in [6, 6.07) is 42.8. The van der Waals surface area contributed by atoms with Crippen molar-refractivity contribution in [2.45, 2.75) is 84.0 Å². The molecule has 9 heteroatoms. The van der Waals surface area contributed by atoms with Gasteiger partial charge in [0.1, 0.15) is 5.69 Å². The zero-order valence-electron chi connectivity index (χ0n) is 33.2. The first-order chi connectivity index (χ1) is 25.7. The maximum absolute atomic E-state index is 13.9. The Morgan fingerprint density at radius 3 is 1.57 bits per heavy atom. The van der Waals surface area contributed by atoms with Crippen LogP contribution < -0.4 is 31.0 Å². The standard InChI is InChI=1S/C45H57N3O3SSi2/c1-34(2)29-35(32-50-53(44(3,4)5,37-21-13-9-14-22-37)38-23-15-10-16-24-38)46-42(49)41-33-52-43(47-41)48-30-36(31-48)51-54(45(6,7)8,39-25-17-11-18-26-39)40-27-19-12-20-28-40/h9-28,33-36H,29-32H2,1-8H3,(H,46,49)/t35-/m0/s1. The van der Waals surface area contributed by atoms with Crippen molar-refractivity contribution in [3.05, 3.63) is 132 Å². The number of anilines is 1. The van der Waals surface area contributed by atoms with Crippen molar-refractivity contribution in [2.75, 3.05) is 24.6 Å². The Kier molecular flexibility index (Phi) is 12.1. The van der Waals surface area contributed by atoms with Crippen LogP contribution in [0.25, 0.3) is 0 Å². The lowest BCUT2D eigenvalue weighted by Crippen LogP contribution is -2.70. The average Bonchev–Trinajstić information content (AvgIpc) is 3.62. The molecule has 2 heterocycles. The molecule has 4 aromatic carbocycles. The lowest BCUT2D eigenvalue weighted by atomic mass is 10.0. The van der Waals surface area contributed by atoms with Crippen LogP contribution in [-0.2, 0) is 8.85 Å². The van der Waals surface area contributed by atoms with Crippen LogP contribution in [0.1, 0.15) is 72.3 Å². The van der Waals surface area contributed by atoms with Crippen LogP contribution in [0.4, 0.5) is 5.13 Å². The average molecular weight is 776 g/mol. The van der Waals surface area contributed by atoms with Crippen molar-refractivity contribution in [1.82, 2.24) is 10.3 Å². The van der Waals surface area contributed by atoms with Gasteiger partial charge in [-0.3, -0.25) is 4.79 Å². The number of carbonyl (C=O) groups is 1. The Morgan fingerprint density at radius 2 is 1.17 bits per heavy atom. The van der Waals surface area contributed by atoms with Gasteiger partial charge in [0, 0.05) is 18.5 Å². The van der Waals surface area contributed by atoms with Crippen molar-refractivity contribution in [3.8, 4) is 0 Å². The quantitative estimate of drug-likeness (QED) is 0.118. The first-order valence-electron chi connectivity index (χ1n) is 19.3. The van der Waals surface area contributed by atoms with Gasteiger partial charge in [0.15, 0.2) is 5.13 Å². The third-order valence-corrected chi connectivity index (χ3v) is 21.6. The predicted octanol–water partition coefficient (Wildman–Crippen LogP) is 7.63. The van der Waals surface area contributed by atoms with Crippen molar-refractivity contribution in [1.29, 1.82) is 0 Å². The van der Waals surface area contributed by atoms with Crippen molar-refractivity contribution < 1.29 is 13.6 Å². The number of nitrogens with one attached hydrogen (secondary N) is 1. The first kappa shape index (κ1) is 39.8. The number of amides is 1. The maximum Gasteiger partial charge on any atom is 0.271 e. The van der Waals surface area contributed by atoms with E-state index in [1.807, 2.05) is 5.38 Å². The molecule has 0 saturated carbocycles. The fourth-order valence-corrected chi connectivity index (χ4v) is 18.2. The highest BCUT2D eigenvalue weighted by molar-refractivity contribution is 7.14. The summed E-state index contributed by atoms with van der Waals surface area (Å²) in [5.74, 6) is 0.215. The van der Waals surface area contributed by atoms with E-state index in [1.165, 1.54) is 32.1 Å². The lowest BCUT2D eigenvalue weighted by molar-refractivity contribution is 0.0907. The molecule has 0 aliphatic carbocycles. The van der Waals surface area contributed by atoms with E-state index >= 15 is 0 Å². The van der Waals surface area contributed by atoms with E-state index in [1.54, 1.807) is 0 Å². The van der Waals surface area contributed by atoms with E-state index in [-0.39, 0.29) is 28.1 Å². The second-order valence-electron chi connectivity index (χ2n) is 17.1. The van der Waals surface area contributed by atoms with Crippen molar-refractivity contribution in [2.24, 2.45) is 5.92 Å². The van der Waals surface area contributed by atoms with E-state index in [2.05, 4.69) is 187 Å². The third kappa shape index (κ3) is 8.21. The molecule has 0 bridgehead atoms. The van der Waals surface area contributed by atoms with Crippen LogP contribution in [0.15, 0.2) is 127 Å². The van der Waals surface area contributed by atoms with E-state index in [0.29, 0.717) is 18.2 Å². The van der Waals surface area contributed by atoms with Crippen LogP contribution in [0.5, 0.6) is 0 Å². The van der Waals surface area contributed by atoms with E-state index in [4.69, 9.17) is 13.8 Å². The molecule has 0 unspecified atom stereocenters. The van der Waals surface area contributed by atoms with Gasteiger partial charge >= 0.3 is 0 Å². The summed E-state index contributed by atoms with van der Waals surface area (Å²) in [4.78, 5) is 21.0. The summed E-state index contributed by atoms with van der Waals surface area (Å²) in [7, 11) is -5.41. The number of carbonyl (C=O) groups excluding carboxylic acids is 1. The molecule has 1 aliphatic rings. The molecular formula is C45H57N3O3SSi2. The van der Waals surface area contributed by atoms with Gasteiger partial charge in [-0.1, -0.05) is 177 Å². The smallest absolute Gasteiger partial charge is 0.271 e. The Morgan fingerprint density at radius 1 is 0.741 bits per heavy atom. The first-order valence-corrected chi connectivity index (χ1v) is 24.0. The Balaban J connectivity index is 1.17. The predicted molar refractivity (Wildman–Crippen MR) is 231 cm³/mol. The van der Waals surface area contributed by atoms with Crippen molar-refractivity contribution >= 4 is 59.8 Å². The van der Waals surface area contributed by atoms with Gasteiger partial charge in [-0.2, -0.15) is 0 Å². The van der Waals surface area contributed by atoms with Gasteiger partial charge in [-0.25, -0.2) is 4.98 Å². The molecule has 54 heavy (non-hydrogen) atoms. The number of hydrogen-bond acceptors (Lipinski definition) is 6. The number of rotatable bonds is 14. The van der Waals surface area contributed by atoms with Gasteiger partial charge < -0.3 is 19.1 Å². The summed E-state index contributed by atoms with van der Waals surface area (Å²) in [5, 5.41) is 10.9. The van der Waals surface area contributed by atoms with Crippen LogP contribution >= 0.6 is 11.3 Å². The fourth-order valence-electron chi connectivity index (χ4n) is 8.11. The minimum Gasteiger partial charge on any atom is -0.405 e. The van der Waals surface area contributed by atoms with Gasteiger partial charge in [-0.15, -0.1) is 11.3 Å². The van der Waals surface area contributed by atoms with Crippen LogP contribution in [0, 0.1) is 5.92 Å². The molecule has 284 valence electrons. The molecule has 5 aromatic rings. The minimum absolute atomic E-state index is 0.0616. The van der Waals surface area contributed by atoms with E-state index < -0.39 is 16.6 Å². The molecule has 1 atom stereocenters. The van der Waals surface area contributed by atoms with Crippen LogP contribution in [0.3, 0.4) is 0 Å². The van der Waals surface area contributed by atoms with Gasteiger partial charge in [0.2, 0.25) is 0 Å². The van der Waals surface area contributed by atoms with Gasteiger partial charge in [0.05, 0.1) is 18.8 Å². The summed E-state index contributed by atoms with van der Waals surface area (Å²) in [5.41, 5.74) is 0.450. The highest BCUT2D eigenvalue weighted by Gasteiger charge is 2.53. The Labute approximate surface area is 329 Å². The number of nitrogens with zero attached hydrogens (tertiary/aromatic N) is 2. The highest BCUT2D eigenvalue weighted by Crippen LogP contribution is 2.40. The monoisotopic (exact) mass is 775 g/mol.